The van der Waals surface area contributed by atoms with Gasteiger partial charge in [0.1, 0.15) is 0 Å². The number of carbonyl (C=O) groups excluding carboxylic acids is 1. The van der Waals surface area contributed by atoms with Crippen molar-refractivity contribution in [3.8, 4) is 0 Å². The molecule has 1 amide bonds. The van der Waals surface area contributed by atoms with Crippen LogP contribution in [0.3, 0.4) is 0 Å². The van der Waals surface area contributed by atoms with Crippen molar-refractivity contribution in [2.75, 3.05) is 30.6 Å². The van der Waals surface area contributed by atoms with Gasteiger partial charge in [-0.2, -0.15) is 13.2 Å². The van der Waals surface area contributed by atoms with E-state index in [1.54, 1.807) is 14.1 Å². The molecule has 5 nitrogen and oxygen atoms in total. The predicted octanol–water partition coefficient (Wildman–Crippen LogP) is 3.57. The van der Waals surface area contributed by atoms with Crippen LogP contribution in [0.15, 0.2) is 42.5 Å². The van der Waals surface area contributed by atoms with Crippen LogP contribution >= 0.6 is 0 Å². The van der Waals surface area contributed by atoms with Gasteiger partial charge in [0.25, 0.3) is 5.91 Å². The maximum atomic E-state index is 13.4. The summed E-state index contributed by atoms with van der Waals surface area (Å²) in [6.45, 7) is 0. The standard InChI is InChI=1S/C18H19F3N2O3S/c1-23(2)14-7-8-16(15(10-14)18(19,20)21)22-17(24)13-6-4-5-12(9-13)11-27(3,25)26/h4-10H,11H2,1-3H3,(H,22,24). The Labute approximate surface area is 155 Å². The molecule has 9 heteroatoms. The fraction of sp³-hybridized carbons (Fsp3) is 0.278. The fourth-order valence-electron chi connectivity index (χ4n) is 2.45. The molecule has 0 aliphatic heterocycles. The van der Waals surface area contributed by atoms with E-state index in [0.29, 0.717) is 11.3 Å². The Kier molecular flexibility index (Phi) is 5.84. The number of anilines is 2. The van der Waals surface area contributed by atoms with Crippen molar-refractivity contribution in [1.82, 2.24) is 0 Å². The lowest BCUT2D eigenvalue weighted by atomic mass is 10.1. The molecule has 0 atom stereocenters. The van der Waals surface area contributed by atoms with Gasteiger partial charge in [-0.15, -0.1) is 0 Å². The molecule has 0 unspecified atom stereocenters. The smallest absolute Gasteiger partial charge is 0.378 e. The van der Waals surface area contributed by atoms with Crippen LogP contribution in [-0.2, 0) is 21.8 Å². The van der Waals surface area contributed by atoms with E-state index in [-0.39, 0.29) is 17.0 Å². The number of hydrogen-bond acceptors (Lipinski definition) is 4. The van der Waals surface area contributed by atoms with E-state index < -0.39 is 27.5 Å². The normalized spacial score (nSPS) is 11.9. The number of nitrogens with one attached hydrogen (secondary N) is 1. The van der Waals surface area contributed by atoms with Crippen LogP contribution in [0.2, 0.25) is 0 Å². The van der Waals surface area contributed by atoms with E-state index in [9.17, 15) is 26.4 Å². The third-order valence-electron chi connectivity index (χ3n) is 3.69. The second kappa shape index (κ2) is 7.59. The highest BCUT2D eigenvalue weighted by Crippen LogP contribution is 2.37. The lowest BCUT2D eigenvalue weighted by Gasteiger charge is -2.19. The number of amides is 1. The van der Waals surface area contributed by atoms with Crippen LogP contribution < -0.4 is 10.2 Å². The van der Waals surface area contributed by atoms with E-state index in [4.69, 9.17) is 0 Å². The average molecular weight is 400 g/mol. The van der Waals surface area contributed by atoms with Crippen LogP contribution in [0, 0.1) is 0 Å². The summed E-state index contributed by atoms with van der Waals surface area (Å²) in [7, 11) is -0.0784. The molecule has 0 heterocycles. The molecule has 0 bridgehead atoms. The minimum atomic E-state index is -4.65. The van der Waals surface area contributed by atoms with Gasteiger partial charge in [-0.05, 0) is 35.9 Å². The van der Waals surface area contributed by atoms with Gasteiger partial charge < -0.3 is 10.2 Å². The van der Waals surface area contributed by atoms with E-state index in [1.165, 1.54) is 41.3 Å². The molecule has 146 valence electrons. The van der Waals surface area contributed by atoms with Crippen molar-refractivity contribution < 1.29 is 26.4 Å². The van der Waals surface area contributed by atoms with Crippen LogP contribution in [-0.4, -0.2) is 34.7 Å². The Morgan fingerprint density at radius 2 is 1.78 bits per heavy atom. The summed E-state index contributed by atoms with van der Waals surface area (Å²) in [4.78, 5) is 13.9. The van der Waals surface area contributed by atoms with Crippen LogP contribution in [0.5, 0.6) is 0 Å². The molecule has 0 aliphatic rings. The zero-order valence-corrected chi connectivity index (χ0v) is 15.8. The number of rotatable bonds is 5. The van der Waals surface area contributed by atoms with Crippen molar-refractivity contribution in [2.24, 2.45) is 0 Å². The van der Waals surface area contributed by atoms with Gasteiger partial charge in [0.2, 0.25) is 0 Å². The van der Waals surface area contributed by atoms with Crippen LogP contribution in [0.25, 0.3) is 0 Å². The third-order valence-corrected chi connectivity index (χ3v) is 4.55. The molecule has 2 aromatic rings. The van der Waals surface area contributed by atoms with Crippen molar-refractivity contribution in [2.45, 2.75) is 11.9 Å². The van der Waals surface area contributed by atoms with Crippen molar-refractivity contribution >= 4 is 27.1 Å². The average Bonchev–Trinajstić information content (AvgIpc) is 2.52. The van der Waals surface area contributed by atoms with Crippen molar-refractivity contribution in [1.29, 1.82) is 0 Å². The zero-order chi connectivity index (χ0) is 20.4. The number of nitrogens with zero attached hydrogens (tertiary/aromatic N) is 1. The molecular weight excluding hydrogens is 381 g/mol. The third kappa shape index (κ3) is 5.72. The number of hydrogen-bond donors (Lipinski definition) is 1. The first-order valence-electron chi connectivity index (χ1n) is 7.83. The van der Waals surface area contributed by atoms with E-state index in [0.717, 1.165) is 12.3 Å². The minimum Gasteiger partial charge on any atom is -0.378 e. The van der Waals surface area contributed by atoms with Gasteiger partial charge in [-0.25, -0.2) is 8.42 Å². The monoisotopic (exact) mass is 400 g/mol. The summed E-state index contributed by atoms with van der Waals surface area (Å²) in [6.07, 6.45) is -3.59. The Hall–Kier alpha value is -2.55. The molecule has 2 rings (SSSR count). The SMILES string of the molecule is CN(C)c1ccc(NC(=O)c2cccc(CS(C)(=O)=O)c2)c(C(F)(F)F)c1. The van der Waals surface area contributed by atoms with Gasteiger partial charge in [0.05, 0.1) is 17.0 Å². The van der Waals surface area contributed by atoms with E-state index >= 15 is 0 Å². The number of carbonyl (C=O) groups is 1. The summed E-state index contributed by atoms with van der Waals surface area (Å²) in [5.41, 5.74) is -0.540. The molecule has 27 heavy (non-hydrogen) atoms. The summed E-state index contributed by atoms with van der Waals surface area (Å²) < 4.78 is 62.8. The molecule has 1 N–H and O–H groups in total. The number of benzene rings is 2. The highest BCUT2D eigenvalue weighted by Gasteiger charge is 2.34. The van der Waals surface area contributed by atoms with Crippen LogP contribution in [0.4, 0.5) is 24.5 Å². The number of alkyl halides is 3. The first-order valence-corrected chi connectivity index (χ1v) is 9.89. The lowest BCUT2D eigenvalue weighted by molar-refractivity contribution is -0.136. The second-order valence-corrected chi connectivity index (χ2v) is 8.49. The summed E-state index contributed by atoms with van der Waals surface area (Å²) in [5.74, 6) is -1.02. The first kappa shape index (κ1) is 20.8. The lowest BCUT2D eigenvalue weighted by Crippen LogP contribution is -2.18. The van der Waals surface area contributed by atoms with Gasteiger partial charge in [0.15, 0.2) is 9.84 Å². The van der Waals surface area contributed by atoms with Crippen LogP contribution in [0.1, 0.15) is 21.5 Å². The molecule has 0 saturated carbocycles. The largest absolute Gasteiger partial charge is 0.418 e. The maximum absolute atomic E-state index is 13.4. The molecule has 0 aromatic heterocycles. The topological polar surface area (TPSA) is 66.5 Å². The first-order chi connectivity index (χ1) is 12.4. The minimum absolute atomic E-state index is 0.0703. The van der Waals surface area contributed by atoms with Gasteiger partial charge in [-0.3, -0.25) is 4.79 Å². The highest BCUT2D eigenvalue weighted by molar-refractivity contribution is 7.89. The maximum Gasteiger partial charge on any atom is 0.418 e. The number of halogens is 3. The highest BCUT2D eigenvalue weighted by atomic mass is 32.2. The molecule has 0 fully saturated rings. The van der Waals surface area contributed by atoms with Gasteiger partial charge in [-0.1, -0.05) is 12.1 Å². The Balaban J connectivity index is 2.34. The molecular formula is C18H19F3N2O3S. The van der Waals surface area contributed by atoms with E-state index in [2.05, 4.69) is 5.32 Å². The molecule has 0 aliphatic carbocycles. The second-order valence-electron chi connectivity index (χ2n) is 6.35. The molecule has 0 spiro atoms. The Morgan fingerprint density at radius 1 is 1.11 bits per heavy atom. The number of sulfone groups is 1. The molecule has 2 aromatic carbocycles. The molecule has 0 radical (unpaired) electrons. The predicted molar refractivity (Wildman–Crippen MR) is 98.7 cm³/mol. The van der Waals surface area contributed by atoms with E-state index in [1.807, 2.05) is 0 Å². The summed E-state index contributed by atoms with van der Waals surface area (Å²) in [6, 6.07) is 9.37. The Bertz CT molecular complexity index is 955. The van der Waals surface area contributed by atoms with Gasteiger partial charge in [0, 0.05) is 31.6 Å². The summed E-state index contributed by atoms with van der Waals surface area (Å²) in [5, 5.41) is 2.26. The molecule has 0 saturated heterocycles. The summed E-state index contributed by atoms with van der Waals surface area (Å²) >= 11 is 0. The van der Waals surface area contributed by atoms with Crippen molar-refractivity contribution in [3.63, 3.8) is 0 Å². The zero-order valence-electron chi connectivity index (χ0n) is 15.0. The quantitative estimate of drug-likeness (QED) is 0.833. The van der Waals surface area contributed by atoms with Crippen molar-refractivity contribution in [3.05, 3.63) is 59.2 Å². The fourth-order valence-corrected chi connectivity index (χ4v) is 3.24. The van der Waals surface area contributed by atoms with Gasteiger partial charge >= 0.3 is 6.18 Å². The Morgan fingerprint density at radius 3 is 2.33 bits per heavy atom.